The molecule has 0 aliphatic carbocycles. The molecular formula is C16H16Cl2N2O. The highest BCUT2D eigenvalue weighted by molar-refractivity contribution is 6.35. The molecule has 0 aliphatic rings. The van der Waals surface area contributed by atoms with Crippen LogP contribution in [0.1, 0.15) is 12.5 Å². The minimum Gasteiger partial charge on any atom is -0.374 e. The first kappa shape index (κ1) is 15.7. The number of halogens is 2. The Morgan fingerprint density at radius 1 is 1.10 bits per heavy atom. The van der Waals surface area contributed by atoms with E-state index < -0.39 is 6.04 Å². The highest BCUT2D eigenvalue weighted by Crippen LogP contribution is 2.25. The highest BCUT2D eigenvalue weighted by Gasteiger charge is 2.15. The van der Waals surface area contributed by atoms with Gasteiger partial charge in [-0.1, -0.05) is 41.4 Å². The van der Waals surface area contributed by atoms with Crippen LogP contribution in [0.25, 0.3) is 0 Å². The second kappa shape index (κ2) is 6.83. The molecule has 0 bridgehead atoms. The molecule has 1 amide bonds. The lowest BCUT2D eigenvalue weighted by atomic mass is 10.2. The molecule has 0 saturated heterocycles. The Kier molecular flexibility index (Phi) is 5.10. The maximum Gasteiger partial charge on any atom is 0.246 e. The van der Waals surface area contributed by atoms with Crippen molar-refractivity contribution in [3.8, 4) is 0 Å². The molecule has 2 aromatic rings. The molecule has 1 atom stereocenters. The van der Waals surface area contributed by atoms with Gasteiger partial charge in [-0.2, -0.15) is 0 Å². The molecule has 2 rings (SSSR count). The topological polar surface area (TPSA) is 41.1 Å². The lowest BCUT2D eigenvalue weighted by molar-refractivity contribution is -0.116. The van der Waals surface area contributed by atoms with Crippen LogP contribution in [-0.2, 0) is 4.79 Å². The van der Waals surface area contributed by atoms with Gasteiger partial charge in [0.25, 0.3) is 0 Å². The third-order valence-electron chi connectivity index (χ3n) is 3.10. The molecule has 0 radical (unpaired) electrons. The van der Waals surface area contributed by atoms with E-state index in [0.717, 1.165) is 11.3 Å². The zero-order chi connectivity index (χ0) is 15.4. The first-order chi connectivity index (χ1) is 9.97. The minimum absolute atomic E-state index is 0.178. The first-order valence-corrected chi connectivity index (χ1v) is 7.31. The van der Waals surface area contributed by atoms with E-state index >= 15 is 0 Å². The van der Waals surface area contributed by atoms with Gasteiger partial charge >= 0.3 is 0 Å². The number of hydrogen-bond donors (Lipinski definition) is 2. The van der Waals surface area contributed by atoms with Gasteiger partial charge in [-0.15, -0.1) is 0 Å². The predicted molar refractivity (Wildman–Crippen MR) is 89.4 cm³/mol. The molecule has 0 aromatic heterocycles. The van der Waals surface area contributed by atoms with Crippen LogP contribution >= 0.6 is 23.2 Å². The van der Waals surface area contributed by atoms with Crippen molar-refractivity contribution in [3.63, 3.8) is 0 Å². The average Bonchev–Trinajstić information content (AvgIpc) is 2.45. The van der Waals surface area contributed by atoms with E-state index in [2.05, 4.69) is 10.6 Å². The van der Waals surface area contributed by atoms with Gasteiger partial charge in [0.15, 0.2) is 0 Å². The lowest BCUT2D eigenvalue weighted by Gasteiger charge is -2.17. The van der Waals surface area contributed by atoms with Crippen LogP contribution < -0.4 is 10.6 Å². The normalized spacial score (nSPS) is 11.8. The molecule has 5 heteroatoms. The van der Waals surface area contributed by atoms with E-state index in [1.807, 2.05) is 31.2 Å². The van der Waals surface area contributed by atoms with Gasteiger partial charge in [-0.25, -0.2) is 0 Å². The van der Waals surface area contributed by atoms with Crippen LogP contribution in [0.3, 0.4) is 0 Å². The number of anilines is 2. The number of aryl methyl sites for hydroxylation is 1. The van der Waals surface area contributed by atoms with Crippen molar-refractivity contribution in [2.24, 2.45) is 0 Å². The van der Waals surface area contributed by atoms with E-state index in [9.17, 15) is 4.79 Å². The van der Waals surface area contributed by atoms with Crippen molar-refractivity contribution in [2.75, 3.05) is 10.6 Å². The maximum absolute atomic E-state index is 12.2. The smallest absolute Gasteiger partial charge is 0.246 e. The Morgan fingerprint density at radius 3 is 2.52 bits per heavy atom. The summed E-state index contributed by atoms with van der Waals surface area (Å²) in [4.78, 5) is 12.2. The Bertz CT molecular complexity index is 658. The standard InChI is InChI=1S/C16H16Cl2N2O/c1-10-5-3-4-6-14(10)19-11(2)16(21)20-15-9-12(17)7-8-13(15)18/h3-9,11,19H,1-2H3,(H,20,21). The van der Waals surface area contributed by atoms with Crippen LogP contribution in [-0.4, -0.2) is 11.9 Å². The summed E-state index contributed by atoms with van der Waals surface area (Å²) in [5.41, 5.74) is 2.52. The van der Waals surface area contributed by atoms with Gasteiger partial charge in [0.05, 0.1) is 10.7 Å². The van der Waals surface area contributed by atoms with Gasteiger partial charge in [0, 0.05) is 10.7 Å². The number of hydrogen-bond acceptors (Lipinski definition) is 2. The Morgan fingerprint density at radius 2 is 1.81 bits per heavy atom. The first-order valence-electron chi connectivity index (χ1n) is 6.55. The molecule has 0 spiro atoms. The third kappa shape index (κ3) is 4.13. The molecule has 2 N–H and O–H groups in total. The second-order valence-electron chi connectivity index (χ2n) is 4.79. The van der Waals surface area contributed by atoms with E-state index in [4.69, 9.17) is 23.2 Å². The van der Waals surface area contributed by atoms with E-state index in [0.29, 0.717) is 15.7 Å². The van der Waals surface area contributed by atoms with Crippen molar-refractivity contribution in [1.82, 2.24) is 0 Å². The number of carbonyl (C=O) groups is 1. The van der Waals surface area contributed by atoms with Crippen molar-refractivity contribution < 1.29 is 4.79 Å². The van der Waals surface area contributed by atoms with Crippen molar-refractivity contribution in [2.45, 2.75) is 19.9 Å². The van der Waals surface area contributed by atoms with Crippen LogP contribution in [0.4, 0.5) is 11.4 Å². The zero-order valence-electron chi connectivity index (χ0n) is 11.8. The second-order valence-corrected chi connectivity index (χ2v) is 5.64. The summed E-state index contributed by atoms with van der Waals surface area (Å²) in [5, 5.41) is 6.93. The summed E-state index contributed by atoms with van der Waals surface area (Å²) in [6, 6.07) is 12.4. The summed E-state index contributed by atoms with van der Waals surface area (Å²) < 4.78 is 0. The van der Waals surface area contributed by atoms with E-state index in [-0.39, 0.29) is 5.91 Å². The molecule has 0 aliphatic heterocycles. The fraction of sp³-hybridized carbons (Fsp3) is 0.188. The lowest BCUT2D eigenvalue weighted by Crippen LogP contribution is -2.32. The van der Waals surface area contributed by atoms with Crippen LogP contribution in [0.2, 0.25) is 10.0 Å². The largest absolute Gasteiger partial charge is 0.374 e. The molecule has 0 saturated carbocycles. The van der Waals surface area contributed by atoms with Crippen molar-refractivity contribution in [3.05, 3.63) is 58.1 Å². The molecule has 2 aromatic carbocycles. The minimum atomic E-state index is -0.402. The summed E-state index contributed by atoms with van der Waals surface area (Å²) in [6.45, 7) is 3.78. The molecule has 1 unspecified atom stereocenters. The van der Waals surface area contributed by atoms with Crippen molar-refractivity contribution >= 4 is 40.5 Å². The third-order valence-corrected chi connectivity index (χ3v) is 3.66. The SMILES string of the molecule is Cc1ccccc1NC(C)C(=O)Nc1cc(Cl)ccc1Cl. The van der Waals surface area contributed by atoms with Crippen LogP contribution in [0.5, 0.6) is 0 Å². The summed E-state index contributed by atoms with van der Waals surface area (Å²) in [5.74, 6) is -0.178. The predicted octanol–water partition coefficient (Wildman–Crippen LogP) is 4.74. The molecule has 21 heavy (non-hydrogen) atoms. The Labute approximate surface area is 134 Å². The van der Waals surface area contributed by atoms with E-state index in [1.54, 1.807) is 25.1 Å². The summed E-state index contributed by atoms with van der Waals surface area (Å²) >= 11 is 11.9. The quantitative estimate of drug-likeness (QED) is 0.853. The molecule has 110 valence electrons. The van der Waals surface area contributed by atoms with E-state index in [1.165, 1.54) is 0 Å². The maximum atomic E-state index is 12.2. The fourth-order valence-corrected chi connectivity index (χ4v) is 2.20. The van der Waals surface area contributed by atoms with Gasteiger partial charge in [-0.05, 0) is 43.7 Å². The van der Waals surface area contributed by atoms with Gasteiger partial charge < -0.3 is 10.6 Å². The Balaban J connectivity index is 2.06. The number of carbonyl (C=O) groups excluding carboxylic acids is 1. The number of para-hydroxylation sites is 1. The van der Waals surface area contributed by atoms with Gasteiger partial charge in [0.1, 0.15) is 6.04 Å². The summed E-state index contributed by atoms with van der Waals surface area (Å²) in [6.07, 6.45) is 0. The van der Waals surface area contributed by atoms with Crippen molar-refractivity contribution in [1.29, 1.82) is 0 Å². The number of amides is 1. The van der Waals surface area contributed by atoms with Crippen LogP contribution in [0.15, 0.2) is 42.5 Å². The summed E-state index contributed by atoms with van der Waals surface area (Å²) in [7, 11) is 0. The monoisotopic (exact) mass is 322 g/mol. The number of benzene rings is 2. The molecule has 0 heterocycles. The fourth-order valence-electron chi connectivity index (χ4n) is 1.87. The highest BCUT2D eigenvalue weighted by atomic mass is 35.5. The molecule has 3 nitrogen and oxygen atoms in total. The average molecular weight is 323 g/mol. The van der Waals surface area contributed by atoms with Gasteiger partial charge in [-0.3, -0.25) is 4.79 Å². The number of rotatable bonds is 4. The van der Waals surface area contributed by atoms with Crippen LogP contribution in [0, 0.1) is 6.92 Å². The van der Waals surface area contributed by atoms with Gasteiger partial charge in [0.2, 0.25) is 5.91 Å². The zero-order valence-corrected chi connectivity index (χ0v) is 13.3. The number of nitrogens with one attached hydrogen (secondary N) is 2. The molecular weight excluding hydrogens is 307 g/mol. The molecule has 0 fully saturated rings. The Hall–Kier alpha value is -1.71.